The van der Waals surface area contributed by atoms with Crippen molar-refractivity contribution in [2.24, 2.45) is 5.73 Å². The molecule has 1 amide bonds. The van der Waals surface area contributed by atoms with Crippen LogP contribution in [0.1, 0.15) is 36.0 Å². The maximum Gasteiger partial charge on any atom is 0.248 e. The Kier molecular flexibility index (Phi) is 5.93. The van der Waals surface area contributed by atoms with E-state index in [-0.39, 0.29) is 12.1 Å². The molecule has 1 fully saturated rings. The molecule has 2 aromatic heterocycles. The number of hydrogen-bond donors (Lipinski definition) is 3. The van der Waals surface area contributed by atoms with Gasteiger partial charge in [-0.1, -0.05) is 36.3 Å². The van der Waals surface area contributed by atoms with Crippen LogP contribution in [0.25, 0.3) is 21.5 Å². The van der Waals surface area contributed by atoms with E-state index in [4.69, 9.17) is 10.5 Å². The minimum Gasteiger partial charge on any atom is -0.457 e. The Hall–Kier alpha value is -3.49. The number of aromatic nitrogens is 2. The molecule has 0 radical (unpaired) electrons. The van der Waals surface area contributed by atoms with E-state index >= 15 is 0 Å². The number of thiazole rings is 1. The van der Waals surface area contributed by atoms with Crippen LogP contribution in [0, 0.1) is 0 Å². The summed E-state index contributed by atoms with van der Waals surface area (Å²) in [6.07, 6.45) is 5.37. The number of aliphatic hydroxyl groups excluding tert-OH is 1. The SMILES string of the molecule is NC(=O)c1ccc(-c2cc(Oc3ccc4nc(N[C@@H]5CCCC[C@H]5O)sc4c3)ccn2)cc1. The van der Waals surface area contributed by atoms with Gasteiger partial charge >= 0.3 is 0 Å². The zero-order chi connectivity index (χ0) is 22.8. The number of rotatable bonds is 6. The maximum absolute atomic E-state index is 11.3. The van der Waals surface area contributed by atoms with Crippen LogP contribution < -0.4 is 15.8 Å². The van der Waals surface area contributed by atoms with Crippen LogP contribution in [0.2, 0.25) is 0 Å². The molecule has 7 nitrogen and oxygen atoms in total. The van der Waals surface area contributed by atoms with Gasteiger partial charge in [0, 0.05) is 29.5 Å². The maximum atomic E-state index is 11.3. The zero-order valence-corrected chi connectivity index (χ0v) is 18.7. The minimum absolute atomic E-state index is 0.0577. The van der Waals surface area contributed by atoms with Gasteiger partial charge in [-0.3, -0.25) is 9.78 Å². The highest BCUT2D eigenvalue weighted by Gasteiger charge is 2.23. The largest absolute Gasteiger partial charge is 0.457 e. The predicted octanol–water partition coefficient (Wildman–Crippen LogP) is 4.96. The molecule has 0 aliphatic heterocycles. The number of carbonyl (C=O) groups is 1. The molecule has 168 valence electrons. The summed E-state index contributed by atoms with van der Waals surface area (Å²) < 4.78 is 7.10. The van der Waals surface area contributed by atoms with Gasteiger partial charge in [0.25, 0.3) is 0 Å². The number of nitrogens with one attached hydrogen (secondary N) is 1. The topological polar surface area (TPSA) is 110 Å². The van der Waals surface area contributed by atoms with Crippen LogP contribution in [0.4, 0.5) is 5.13 Å². The van der Waals surface area contributed by atoms with Crippen LogP contribution in [0.15, 0.2) is 60.8 Å². The molecule has 1 aliphatic carbocycles. The first-order chi connectivity index (χ1) is 16.0. The van der Waals surface area contributed by atoms with E-state index in [0.717, 1.165) is 52.3 Å². The molecule has 0 spiro atoms. The lowest BCUT2D eigenvalue weighted by Gasteiger charge is -2.27. The first kappa shape index (κ1) is 21.4. The molecule has 4 aromatic rings. The second-order valence-electron chi connectivity index (χ2n) is 8.17. The molecule has 1 saturated carbocycles. The number of carbonyl (C=O) groups excluding carboxylic acids is 1. The fourth-order valence-electron chi connectivity index (χ4n) is 4.04. The summed E-state index contributed by atoms with van der Waals surface area (Å²) in [5.74, 6) is 0.904. The average Bonchev–Trinajstić information content (AvgIpc) is 3.22. The molecule has 5 rings (SSSR count). The highest BCUT2D eigenvalue weighted by molar-refractivity contribution is 7.22. The number of primary amides is 1. The molecule has 8 heteroatoms. The lowest BCUT2D eigenvalue weighted by Crippen LogP contribution is -2.36. The third kappa shape index (κ3) is 4.81. The smallest absolute Gasteiger partial charge is 0.248 e. The first-order valence-electron chi connectivity index (χ1n) is 10.9. The number of benzene rings is 2. The molecule has 4 N–H and O–H groups in total. The van der Waals surface area contributed by atoms with Gasteiger partial charge in [0.15, 0.2) is 5.13 Å². The van der Waals surface area contributed by atoms with E-state index < -0.39 is 5.91 Å². The monoisotopic (exact) mass is 460 g/mol. The Labute approximate surface area is 195 Å². The highest BCUT2D eigenvalue weighted by Crippen LogP contribution is 2.33. The van der Waals surface area contributed by atoms with Crippen molar-refractivity contribution in [3.8, 4) is 22.8 Å². The number of ether oxygens (including phenoxy) is 1. The van der Waals surface area contributed by atoms with Gasteiger partial charge in [-0.2, -0.15) is 0 Å². The van der Waals surface area contributed by atoms with Crippen molar-refractivity contribution in [2.45, 2.75) is 37.8 Å². The summed E-state index contributed by atoms with van der Waals surface area (Å²) >= 11 is 1.56. The van der Waals surface area contributed by atoms with Crippen molar-refractivity contribution in [1.82, 2.24) is 9.97 Å². The average molecular weight is 461 g/mol. The number of hydrogen-bond acceptors (Lipinski definition) is 7. The van der Waals surface area contributed by atoms with E-state index in [1.165, 1.54) is 0 Å². The summed E-state index contributed by atoms with van der Waals surface area (Å²) in [5, 5.41) is 14.4. The van der Waals surface area contributed by atoms with E-state index in [2.05, 4.69) is 15.3 Å². The second-order valence-corrected chi connectivity index (χ2v) is 9.20. The van der Waals surface area contributed by atoms with E-state index in [1.54, 1.807) is 35.7 Å². The zero-order valence-electron chi connectivity index (χ0n) is 17.9. The van der Waals surface area contributed by atoms with Crippen molar-refractivity contribution in [1.29, 1.82) is 0 Å². The van der Waals surface area contributed by atoms with Crippen LogP contribution in [0.5, 0.6) is 11.5 Å². The van der Waals surface area contributed by atoms with Gasteiger partial charge < -0.3 is 20.9 Å². The third-order valence-corrected chi connectivity index (χ3v) is 6.78. The minimum atomic E-state index is -0.460. The summed E-state index contributed by atoms with van der Waals surface area (Å²) in [7, 11) is 0. The van der Waals surface area contributed by atoms with Crippen molar-refractivity contribution < 1.29 is 14.6 Å². The quantitative estimate of drug-likeness (QED) is 0.375. The summed E-state index contributed by atoms with van der Waals surface area (Å²) in [5.41, 5.74) is 8.26. The van der Waals surface area contributed by atoms with E-state index in [0.29, 0.717) is 17.1 Å². The second kappa shape index (κ2) is 9.17. The lowest BCUT2D eigenvalue weighted by molar-refractivity contribution is 0.1000. The van der Waals surface area contributed by atoms with Gasteiger partial charge in [0.2, 0.25) is 5.91 Å². The Bertz CT molecular complexity index is 1290. The standard InChI is InChI=1S/C25H24N4O3S/c26-24(31)16-7-5-15(6-8-16)21-13-18(11-12-27-21)32-17-9-10-20-23(14-17)33-25(29-20)28-19-3-1-2-4-22(19)30/h5-14,19,22,30H,1-4H2,(H2,26,31)(H,28,29)/t19-,22-/m1/s1. The van der Waals surface area contributed by atoms with Crippen molar-refractivity contribution in [2.75, 3.05) is 5.32 Å². The molecule has 33 heavy (non-hydrogen) atoms. The molecule has 0 saturated heterocycles. The van der Waals surface area contributed by atoms with Gasteiger partial charge in [0.1, 0.15) is 11.5 Å². The normalized spacial score (nSPS) is 18.2. The number of nitrogens with two attached hydrogens (primary N) is 1. The predicted molar refractivity (Wildman–Crippen MR) is 130 cm³/mol. The fraction of sp³-hybridized carbons (Fsp3) is 0.240. The molecule has 1 aliphatic rings. The van der Waals surface area contributed by atoms with Crippen LogP contribution in [-0.2, 0) is 0 Å². The molecular formula is C25H24N4O3S. The van der Waals surface area contributed by atoms with Gasteiger partial charge in [0.05, 0.1) is 28.1 Å². The van der Waals surface area contributed by atoms with Crippen molar-refractivity contribution >= 4 is 32.6 Å². The van der Waals surface area contributed by atoms with Gasteiger partial charge in [-0.05, 0) is 43.2 Å². The Morgan fingerprint density at radius 2 is 1.85 bits per heavy atom. The van der Waals surface area contributed by atoms with Gasteiger partial charge in [-0.25, -0.2) is 4.98 Å². The number of pyridine rings is 1. The van der Waals surface area contributed by atoms with Crippen molar-refractivity contribution in [3.63, 3.8) is 0 Å². The fourth-order valence-corrected chi connectivity index (χ4v) is 5.00. The summed E-state index contributed by atoms with van der Waals surface area (Å²) in [4.78, 5) is 20.4. The van der Waals surface area contributed by atoms with Crippen LogP contribution >= 0.6 is 11.3 Å². The van der Waals surface area contributed by atoms with Crippen LogP contribution in [0.3, 0.4) is 0 Å². The van der Waals surface area contributed by atoms with E-state index in [1.807, 2.05) is 36.4 Å². The Balaban J connectivity index is 1.32. The highest BCUT2D eigenvalue weighted by atomic mass is 32.1. The Morgan fingerprint density at radius 1 is 1.06 bits per heavy atom. The summed E-state index contributed by atoms with van der Waals surface area (Å²) in [6.45, 7) is 0. The summed E-state index contributed by atoms with van der Waals surface area (Å²) in [6, 6.07) is 16.5. The number of anilines is 1. The van der Waals surface area contributed by atoms with Crippen LogP contribution in [-0.4, -0.2) is 33.1 Å². The molecule has 0 unspecified atom stereocenters. The lowest BCUT2D eigenvalue weighted by atomic mass is 9.93. The van der Waals surface area contributed by atoms with E-state index in [9.17, 15) is 9.90 Å². The number of nitrogens with zero attached hydrogens (tertiary/aromatic N) is 2. The molecule has 2 aromatic carbocycles. The number of fused-ring (bicyclic) bond motifs is 1. The molecular weight excluding hydrogens is 436 g/mol. The molecule has 2 atom stereocenters. The molecule has 0 bridgehead atoms. The number of amides is 1. The molecule has 2 heterocycles. The van der Waals surface area contributed by atoms with Crippen molar-refractivity contribution in [3.05, 3.63) is 66.4 Å². The Morgan fingerprint density at radius 3 is 2.64 bits per heavy atom. The van der Waals surface area contributed by atoms with Gasteiger partial charge in [-0.15, -0.1) is 0 Å². The third-order valence-electron chi connectivity index (χ3n) is 5.83. The number of aliphatic hydroxyl groups is 1. The first-order valence-corrected chi connectivity index (χ1v) is 11.8.